The van der Waals surface area contributed by atoms with Crippen molar-refractivity contribution in [2.45, 2.75) is 125 Å². The molecule has 212 valence electrons. The van der Waals surface area contributed by atoms with Crippen molar-refractivity contribution in [1.82, 2.24) is 0 Å². The number of epoxide rings is 1. The van der Waals surface area contributed by atoms with Gasteiger partial charge in [-0.3, -0.25) is 19.2 Å². The molecule has 0 aromatic heterocycles. The molecule has 0 amide bonds. The van der Waals surface area contributed by atoms with Crippen molar-refractivity contribution < 1.29 is 28.7 Å². The van der Waals surface area contributed by atoms with Crippen molar-refractivity contribution in [2.24, 2.45) is 39.4 Å². The summed E-state index contributed by atoms with van der Waals surface area (Å²) in [6.07, 6.45) is 7.70. The van der Waals surface area contributed by atoms with Gasteiger partial charge in [-0.25, -0.2) is 0 Å². The molecule has 1 aliphatic heterocycles. The van der Waals surface area contributed by atoms with E-state index in [1.54, 1.807) is 6.08 Å². The van der Waals surface area contributed by atoms with Gasteiger partial charge in [0, 0.05) is 36.5 Å². The fourth-order valence-electron chi connectivity index (χ4n) is 8.76. The van der Waals surface area contributed by atoms with Gasteiger partial charge in [0.1, 0.15) is 23.8 Å². The second-order valence-electron chi connectivity index (χ2n) is 14.6. The number of hydrogen-bond acceptors (Lipinski definition) is 6. The molecule has 6 heteroatoms. The number of ketones is 3. The van der Waals surface area contributed by atoms with Gasteiger partial charge in [-0.05, 0) is 74.7 Å². The first-order valence-corrected chi connectivity index (χ1v) is 14.5. The molecule has 0 N–H and O–H groups in total. The third-order valence-electron chi connectivity index (χ3n) is 11.6. The number of Topliss-reactive ketones (excluding diaryl/α,β-unsaturated/α-hetero) is 2. The molecule has 4 rings (SSSR count). The number of hydrogen-bond donors (Lipinski definition) is 0. The van der Waals surface area contributed by atoms with Gasteiger partial charge < -0.3 is 9.47 Å². The molecule has 0 radical (unpaired) electrons. The Balaban J connectivity index is 1.50. The number of carbonyl (C=O) groups is 4. The Morgan fingerprint density at radius 3 is 2.29 bits per heavy atom. The number of allylic oxidation sites excluding steroid dienone is 2. The first-order chi connectivity index (χ1) is 17.4. The Kier molecular flexibility index (Phi) is 7.20. The van der Waals surface area contributed by atoms with Gasteiger partial charge in [-0.2, -0.15) is 0 Å². The highest BCUT2D eigenvalue weighted by atomic mass is 16.6. The minimum absolute atomic E-state index is 0.0610. The molecule has 0 aromatic rings. The van der Waals surface area contributed by atoms with Gasteiger partial charge in [0.15, 0.2) is 5.78 Å². The molecule has 2 saturated carbocycles. The number of rotatable bonds is 8. The third kappa shape index (κ3) is 4.53. The standard InChI is InChI=1S/C32H48O6/c1-19(18-22(37-20(2)33)27-29(5,6)38-27)21(34)12-16-32(9)26(36)11-10-24-30(7)15-14-25(35)28(3,4)23(30)13-17-31(24,32)8/h10-11,19,22-24,27H,12-18H2,1-9H3. The van der Waals surface area contributed by atoms with Gasteiger partial charge in [0.05, 0.1) is 5.60 Å². The lowest BCUT2D eigenvalue weighted by atomic mass is 9.37. The molecular weight excluding hydrogens is 480 g/mol. The predicted octanol–water partition coefficient (Wildman–Crippen LogP) is 6.04. The largest absolute Gasteiger partial charge is 0.460 e. The summed E-state index contributed by atoms with van der Waals surface area (Å²) in [4.78, 5) is 51.5. The highest BCUT2D eigenvalue weighted by Crippen LogP contribution is 2.69. The van der Waals surface area contributed by atoms with E-state index < -0.39 is 11.5 Å². The van der Waals surface area contributed by atoms with Crippen LogP contribution in [-0.4, -0.2) is 41.1 Å². The van der Waals surface area contributed by atoms with Crippen molar-refractivity contribution in [3.63, 3.8) is 0 Å². The molecule has 1 saturated heterocycles. The summed E-state index contributed by atoms with van der Waals surface area (Å²) in [5.74, 6) is 0.338. The fourth-order valence-corrected chi connectivity index (χ4v) is 8.76. The summed E-state index contributed by atoms with van der Waals surface area (Å²) in [6, 6.07) is 0. The number of carbonyl (C=O) groups excluding carboxylic acids is 4. The summed E-state index contributed by atoms with van der Waals surface area (Å²) < 4.78 is 11.2. The topological polar surface area (TPSA) is 90.0 Å². The van der Waals surface area contributed by atoms with E-state index in [4.69, 9.17) is 9.47 Å². The van der Waals surface area contributed by atoms with Crippen molar-refractivity contribution in [3.8, 4) is 0 Å². The maximum Gasteiger partial charge on any atom is 0.302 e. The molecule has 6 nitrogen and oxygen atoms in total. The number of fused-ring (bicyclic) bond motifs is 3. The Hall–Kier alpha value is -1.82. The monoisotopic (exact) mass is 528 g/mol. The van der Waals surface area contributed by atoms with E-state index in [1.807, 2.05) is 20.8 Å². The van der Waals surface area contributed by atoms with Crippen LogP contribution in [0.4, 0.5) is 0 Å². The lowest BCUT2D eigenvalue weighted by Crippen LogP contribution is -2.62. The second-order valence-corrected chi connectivity index (χ2v) is 14.6. The second kappa shape index (κ2) is 9.38. The highest BCUT2D eigenvalue weighted by Gasteiger charge is 2.66. The van der Waals surface area contributed by atoms with Gasteiger partial charge in [-0.15, -0.1) is 0 Å². The van der Waals surface area contributed by atoms with Gasteiger partial charge in [0.2, 0.25) is 0 Å². The normalized spacial score (nSPS) is 40.5. The van der Waals surface area contributed by atoms with E-state index >= 15 is 0 Å². The van der Waals surface area contributed by atoms with Crippen LogP contribution in [0.5, 0.6) is 0 Å². The zero-order valence-electron chi connectivity index (χ0n) is 24.9. The Labute approximate surface area is 228 Å². The first kappa shape index (κ1) is 29.2. The van der Waals surface area contributed by atoms with E-state index in [0.29, 0.717) is 31.5 Å². The van der Waals surface area contributed by atoms with Crippen LogP contribution >= 0.6 is 0 Å². The average Bonchev–Trinajstić information content (AvgIpc) is 3.45. The van der Waals surface area contributed by atoms with Crippen molar-refractivity contribution >= 4 is 23.3 Å². The lowest BCUT2D eigenvalue weighted by Gasteiger charge is -2.65. The van der Waals surface area contributed by atoms with Crippen LogP contribution in [0.25, 0.3) is 0 Å². The van der Waals surface area contributed by atoms with Crippen LogP contribution in [0, 0.1) is 39.4 Å². The molecule has 0 aromatic carbocycles. The first-order valence-electron chi connectivity index (χ1n) is 14.5. The molecule has 3 fully saturated rings. The SMILES string of the molecule is CC(=O)OC(CC(C)C(=O)CCC1(C)C(=O)C=CC2C3(C)CCC(=O)C(C)(C)C3CCC21C)C1OC1(C)C. The van der Waals surface area contributed by atoms with Crippen LogP contribution in [0.15, 0.2) is 12.2 Å². The molecular formula is C32H48O6. The number of esters is 1. The summed E-state index contributed by atoms with van der Waals surface area (Å²) in [5, 5.41) is 0. The summed E-state index contributed by atoms with van der Waals surface area (Å²) in [5.41, 5.74) is -1.71. The minimum atomic E-state index is -0.655. The zero-order valence-corrected chi connectivity index (χ0v) is 24.9. The molecule has 1 heterocycles. The Bertz CT molecular complexity index is 1050. The lowest BCUT2D eigenvalue weighted by molar-refractivity contribution is -0.175. The molecule has 8 atom stereocenters. The van der Waals surface area contributed by atoms with Crippen LogP contribution in [0.2, 0.25) is 0 Å². The van der Waals surface area contributed by atoms with Crippen LogP contribution in [0.3, 0.4) is 0 Å². The maximum absolute atomic E-state index is 13.5. The van der Waals surface area contributed by atoms with E-state index in [0.717, 1.165) is 19.3 Å². The summed E-state index contributed by atoms with van der Waals surface area (Å²) in [6.45, 7) is 18.0. The van der Waals surface area contributed by atoms with E-state index in [2.05, 4.69) is 40.7 Å². The van der Waals surface area contributed by atoms with Crippen LogP contribution in [0.1, 0.15) is 107 Å². The zero-order chi connectivity index (χ0) is 28.5. The molecule has 0 bridgehead atoms. The number of ether oxygens (including phenoxy) is 2. The third-order valence-corrected chi connectivity index (χ3v) is 11.6. The molecule has 38 heavy (non-hydrogen) atoms. The van der Waals surface area contributed by atoms with Crippen LogP contribution in [-0.2, 0) is 28.7 Å². The predicted molar refractivity (Wildman–Crippen MR) is 145 cm³/mol. The Morgan fingerprint density at radius 1 is 1.08 bits per heavy atom. The molecule has 8 unspecified atom stereocenters. The van der Waals surface area contributed by atoms with Crippen LogP contribution < -0.4 is 0 Å². The van der Waals surface area contributed by atoms with Gasteiger partial charge in [0.25, 0.3) is 0 Å². The molecule has 0 spiro atoms. The van der Waals surface area contributed by atoms with Gasteiger partial charge >= 0.3 is 5.97 Å². The van der Waals surface area contributed by atoms with Crippen molar-refractivity contribution in [3.05, 3.63) is 12.2 Å². The van der Waals surface area contributed by atoms with E-state index in [9.17, 15) is 19.2 Å². The Morgan fingerprint density at radius 2 is 1.71 bits per heavy atom. The average molecular weight is 529 g/mol. The van der Waals surface area contributed by atoms with Crippen molar-refractivity contribution in [1.29, 1.82) is 0 Å². The molecule has 3 aliphatic carbocycles. The smallest absolute Gasteiger partial charge is 0.302 e. The van der Waals surface area contributed by atoms with Gasteiger partial charge in [-0.1, -0.05) is 47.6 Å². The fraction of sp³-hybridized carbons (Fsp3) is 0.812. The summed E-state index contributed by atoms with van der Waals surface area (Å²) >= 11 is 0. The van der Waals surface area contributed by atoms with E-state index in [-0.39, 0.29) is 63.2 Å². The van der Waals surface area contributed by atoms with Crippen molar-refractivity contribution in [2.75, 3.05) is 0 Å². The molecule has 4 aliphatic rings. The quantitative estimate of drug-likeness (QED) is 0.282. The summed E-state index contributed by atoms with van der Waals surface area (Å²) in [7, 11) is 0. The maximum atomic E-state index is 13.5. The van der Waals surface area contributed by atoms with E-state index in [1.165, 1.54) is 6.92 Å². The highest BCUT2D eigenvalue weighted by molar-refractivity contribution is 5.97. The minimum Gasteiger partial charge on any atom is -0.460 e.